The molecule has 1 N–H and O–H groups in total. The fourth-order valence-electron chi connectivity index (χ4n) is 3.24. The van der Waals surface area contributed by atoms with Crippen molar-refractivity contribution in [2.45, 2.75) is 41.9 Å². The second-order valence-electron chi connectivity index (χ2n) is 7.27. The van der Waals surface area contributed by atoms with Crippen LogP contribution in [0.3, 0.4) is 0 Å². The fourth-order valence-corrected chi connectivity index (χ4v) is 6.10. The van der Waals surface area contributed by atoms with Gasteiger partial charge in [0.25, 0.3) is 0 Å². The van der Waals surface area contributed by atoms with E-state index in [4.69, 9.17) is 4.74 Å². The number of hydrogen-bond donors (Lipinski definition) is 1. The largest absolute Gasteiger partial charge is 0.474 e. The molecule has 1 aromatic carbocycles. The Morgan fingerprint density at radius 2 is 1.62 bits per heavy atom. The topological polar surface area (TPSA) is 106 Å². The van der Waals surface area contributed by atoms with Gasteiger partial charge >= 0.3 is 0 Å². The first kappa shape index (κ1) is 20.1. The minimum absolute atomic E-state index is 0.140. The van der Waals surface area contributed by atoms with E-state index >= 15 is 0 Å². The number of nitrogens with zero attached hydrogens (tertiary/aromatic N) is 2. The maximum absolute atomic E-state index is 12.7. The monoisotopic (exact) mass is 437 g/mol. The summed E-state index contributed by atoms with van der Waals surface area (Å²) in [6.07, 6.45) is 3.81. The van der Waals surface area contributed by atoms with Crippen molar-refractivity contribution >= 4 is 25.7 Å². The van der Waals surface area contributed by atoms with Gasteiger partial charge in [-0.05, 0) is 43.9 Å². The molecule has 156 valence electrons. The van der Waals surface area contributed by atoms with Crippen LogP contribution in [0.1, 0.15) is 25.7 Å². The van der Waals surface area contributed by atoms with Crippen LogP contribution < -0.4 is 9.46 Å². The lowest BCUT2D eigenvalue weighted by molar-refractivity contribution is 0.130. The summed E-state index contributed by atoms with van der Waals surface area (Å²) in [5.41, 5.74) is 0.410. The van der Waals surface area contributed by atoms with Crippen molar-refractivity contribution in [2.24, 2.45) is 0 Å². The Balaban J connectivity index is 1.32. The van der Waals surface area contributed by atoms with Crippen LogP contribution in [-0.2, 0) is 20.0 Å². The van der Waals surface area contributed by atoms with E-state index in [1.807, 2.05) is 0 Å². The summed E-state index contributed by atoms with van der Waals surface area (Å²) < 4.78 is 59.1. The van der Waals surface area contributed by atoms with Crippen molar-refractivity contribution in [2.75, 3.05) is 17.8 Å². The van der Waals surface area contributed by atoms with Gasteiger partial charge in [0.05, 0.1) is 22.0 Å². The van der Waals surface area contributed by atoms with Gasteiger partial charge in [0.2, 0.25) is 25.9 Å². The molecule has 0 bridgehead atoms. The summed E-state index contributed by atoms with van der Waals surface area (Å²) in [4.78, 5) is 4.47. The molecule has 4 rings (SSSR count). The number of anilines is 1. The van der Waals surface area contributed by atoms with Crippen LogP contribution in [-0.4, -0.2) is 50.6 Å². The minimum atomic E-state index is -3.49. The van der Waals surface area contributed by atoms with Crippen LogP contribution in [0.15, 0.2) is 53.6 Å². The van der Waals surface area contributed by atoms with Crippen LogP contribution in [0.25, 0.3) is 0 Å². The maximum Gasteiger partial charge on any atom is 0.243 e. The van der Waals surface area contributed by atoms with E-state index in [2.05, 4.69) is 9.71 Å². The molecular formula is C19H23N3O5S2. The highest BCUT2D eigenvalue weighted by molar-refractivity contribution is 7.93. The molecule has 1 saturated carbocycles. The Morgan fingerprint density at radius 1 is 0.931 bits per heavy atom. The van der Waals surface area contributed by atoms with Crippen molar-refractivity contribution in [3.8, 4) is 5.88 Å². The number of ether oxygens (including phenoxy) is 1. The normalized spacial score (nSPS) is 19.0. The van der Waals surface area contributed by atoms with Gasteiger partial charge in [-0.1, -0.05) is 18.2 Å². The highest BCUT2D eigenvalue weighted by atomic mass is 32.2. The lowest BCUT2D eigenvalue weighted by Crippen LogP contribution is -2.41. The summed E-state index contributed by atoms with van der Waals surface area (Å²) in [7, 11) is -6.80. The molecule has 2 aromatic rings. The molecule has 1 aliphatic heterocycles. The molecule has 0 spiro atoms. The van der Waals surface area contributed by atoms with Crippen LogP contribution in [0.5, 0.6) is 5.88 Å². The predicted octanol–water partition coefficient (Wildman–Crippen LogP) is 2.22. The molecule has 29 heavy (non-hydrogen) atoms. The van der Waals surface area contributed by atoms with E-state index in [1.165, 1.54) is 10.5 Å². The van der Waals surface area contributed by atoms with E-state index in [1.54, 1.807) is 42.5 Å². The number of benzene rings is 1. The highest BCUT2D eigenvalue weighted by Gasteiger charge is 2.35. The van der Waals surface area contributed by atoms with Gasteiger partial charge in [-0.2, -0.15) is 4.31 Å². The number of piperidine rings is 1. The van der Waals surface area contributed by atoms with Crippen LogP contribution in [0.2, 0.25) is 0 Å². The van der Waals surface area contributed by atoms with Crippen molar-refractivity contribution in [1.82, 2.24) is 9.29 Å². The molecule has 1 aromatic heterocycles. The average Bonchev–Trinajstić information content (AvgIpc) is 3.57. The highest BCUT2D eigenvalue weighted by Crippen LogP contribution is 2.30. The zero-order valence-corrected chi connectivity index (χ0v) is 17.4. The van der Waals surface area contributed by atoms with E-state index in [-0.39, 0.29) is 11.4 Å². The summed E-state index contributed by atoms with van der Waals surface area (Å²) >= 11 is 0. The number of nitrogens with one attached hydrogen (secondary N) is 1. The average molecular weight is 438 g/mol. The summed E-state index contributed by atoms with van der Waals surface area (Å²) in [5, 5.41) is -0.296. The van der Waals surface area contributed by atoms with Gasteiger partial charge in [-0.15, -0.1) is 0 Å². The molecule has 10 heteroatoms. The predicted molar refractivity (Wildman–Crippen MR) is 109 cm³/mol. The molecule has 0 atom stereocenters. The Morgan fingerprint density at radius 3 is 2.21 bits per heavy atom. The third kappa shape index (κ3) is 4.71. The molecule has 2 fully saturated rings. The molecule has 8 nitrogen and oxygen atoms in total. The summed E-state index contributed by atoms with van der Waals surface area (Å²) in [6.45, 7) is 0.752. The lowest BCUT2D eigenvalue weighted by atomic mass is 10.1. The molecule has 1 saturated heterocycles. The van der Waals surface area contributed by atoms with Gasteiger partial charge in [-0.3, -0.25) is 4.72 Å². The number of rotatable bonds is 7. The van der Waals surface area contributed by atoms with Gasteiger partial charge in [0.15, 0.2) is 0 Å². The quantitative estimate of drug-likeness (QED) is 0.712. The number of hydrogen-bond acceptors (Lipinski definition) is 6. The first-order valence-corrected chi connectivity index (χ1v) is 12.5. The number of pyridine rings is 1. The Labute approximate surface area is 171 Å². The fraction of sp³-hybridized carbons (Fsp3) is 0.421. The SMILES string of the molecule is O=S(=O)(Nc1ccc(OC2CCN(S(=O)(=O)c3ccccc3)CC2)nc1)C1CC1. The van der Waals surface area contributed by atoms with Gasteiger partial charge in [-0.25, -0.2) is 21.8 Å². The van der Waals surface area contributed by atoms with E-state index in [0.717, 1.165) is 0 Å². The van der Waals surface area contributed by atoms with E-state index in [0.29, 0.717) is 55.2 Å². The van der Waals surface area contributed by atoms with Crippen LogP contribution >= 0.6 is 0 Å². The summed E-state index contributed by atoms with van der Waals surface area (Å²) in [6, 6.07) is 11.6. The Hall–Kier alpha value is -2.17. The van der Waals surface area contributed by atoms with E-state index in [9.17, 15) is 16.8 Å². The minimum Gasteiger partial charge on any atom is -0.474 e. The smallest absolute Gasteiger partial charge is 0.243 e. The van der Waals surface area contributed by atoms with Gasteiger partial charge < -0.3 is 4.74 Å². The Kier molecular flexibility index (Phi) is 5.50. The molecule has 0 unspecified atom stereocenters. The van der Waals surface area contributed by atoms with Crippen LogP contribution in [0, 0.1) is 0 Å². The van der Waals surface area contributed by atoms with Crippen LogP contribution in [0.4, 0.5) is 5.69 Å². The zero-order chi connectivity index (χ0) is 20.5. The Bertz CT molecular complexity index is 1040. The molecular weight excluding hydrogens is 414 g/mol. The standard InChI is InChI=1S/C19H23N3O5S2/c23-28(24,17-7-8-17)21-15-6-9-19(20-14-15)27-16-10-12-22(13-11-16)29(25,26)18-4-2-1-3-5-18/h1-6,9,14,16-17,21H,7-8,10-13H2. The van der Waals surface area contributed by atoms with Crippen molar-refractivity contribution in [3.05, 3.63) is 48.7 Å². The molecule has 2 heterocycles. The molecule has 0 radical (unpaired) electrons. The summed E-state index contributed by atoms with van der Waals surface area (Å²) in [5.74, 6) is 0.392. The van der Waals surface area contributed by atoms with Crippen molar-refractivity contribution < 1.29 is 21.6 Å². The molecule has 0 amide bonds. The lowest BCUT2D eigenvalue weighted by Gasteiger charge is -2.31. The van der Waals surface area contributed by atoms with E-state index < -0.39 is 20.0 Å². The maximum atomic E-state index is 12.7. The van der Waals surface area contributed by atoms with Crippen molar-refractivity contribution in [3.63, 3.8) is 0 Å². The molecule has 2 aliphatic rings. The number of aromatic nitrogens is 1. The van der Waals surface area contributed by atoms with Gasteiger partial charge in [0, 0.05) is 19.2 Å². The van der Waals surface area contributed by atoms with Crippen molar-refractivity contribution in [1.29, 1.82) is 0 Å². The first-order valence-electron chi connectivity index (χ1n) is 9.54. The second-order valence-corrected chi connectivity index (χ2v) is 11.2. The second kappa shape index (κ2) is 7.92. The third-order valence-electron chi connectivity index (χ3n) is 5.03. The zero-order valence-electron chi connectivity index (χ0n) is 15.8. The molecule has 1 aliphatic carbocycles. The number of sulfonamides is 2. The first-order chi connectivity index (χ1) is 13.8. The third-order valence-corrected chi connectivity index (χ3v) is 8.81. The van der Waals surface area contributed by atoms with Gasteiger partial charge in [0.1, 0.15) is 6.10 Å².